The summed E-state index contributed by atoms with van der Waals surface area (Å²) < 4.78 is 22.2. The highest BCUT2D eigenvalue weighted by molar-refractivity contribution is 7.87. The summed E-state index contributed by atoms with van der Waals surface area (Å²) in [6, 6.07) is 0. The van der Waals surface area contributed by atoms with Crippen LogP contribution in [-0.4, -0.2) is 20.9 Å². The van der Waals surface area contributed by atoms with Crippen LogP contribution in [0.5, 0.6) is 0 Å². The van der Waals surface area contributed by atoms with E-state index in [1.807, 2.05) is 4.72 Å². The minimum absolute atomic E-state index is 0.0452. The van der Waals surface area contributed by atoms with Crippen molar-refractivity contribution in [3.63, 3.8) is 0 Å². The first-order valence-corrected chi connectivity index (χ1v) is 4.02. The molecule has 0 aliphatic rings. The van der Waals surface area contributed by atoms with Crippen LogP contribution >= 0.6 is 0 Å². The second-order valence-electron chi connectivity index (χ2n) is 1.66. The van der Waals surface area contributed by atoms with E-state index in [-0.39, 0.29) is 13.0 Å². The molecule has 5 N–H and O–H groups in total. The van der Waals surface area contributed by atoms with E-state index in [4.69, 9.17) is 5.73 Å². The van der Waals surface area contributed by atoms with E-state index in [0.29, 0.717) is 0 Å². The molecule has 0 fully saturated rings. The molecule has 6 nitrogen and oxygen atoms in total. The average Bonchev–Trinajstić information content (AvgIpc) is 1.59. The maximum absolute atomic E-state index is 10.1. The molecule has 0 aliphatic heterocycles. The van der Waals surface area contributed by atoms with E-state index in [9.17, 15) is 13.2 Å². The number of rotatable bonds is 4. The first kappa shape index (κ1) is 9.34. The van der Waals surface area contributed by atoms with Gasteiger partial charge in [0.1, 0.15) is 0 Å². The summed E-state index contributed by atoms with van der Waals surface area (Å²) in [7, 11) is -3.68. The molecule has 0 spiro atoms. The van der Waals surface area contributed by atoms with E-state index in [1.54, 1.807) is 0 Å². The van der Waals surface area contributed by atoms with Crippen LogP contribution in [0.15, 0.2) is 0 Å². The van der Waals surface area contributed by atoms with Crippen molar-refractivity contribution in [3.05, 3.63) is 0 Å². The lowest BCUT2D eigenvalue weighted by Gasteiger charge is -1.97. The van der Waals surface area contributed by atoms with Gasteiger partial charge >= 0.3 is 0 Å². The van der Waals surface area contributed by atoms with Crippen LogP contribution in [0, 0.1) is 0 Å². The topological polar surface area (TPSA) is 115 Å². The Bertz CT molecular complexity index is 209. The number of primary amides is 1. The summed E-state index contributed by atoms with van der Waals surface area (Å²) >= 11 is 0. The van der Waals surface area contributed by atoms with Crippen molar-refractivity contribution in [1.82, 2.24) is 4.72 Å². The molecule has 1 amide bonds. The summed E-state index contributed by atoms with van der Waals surface area (Å²) in [4.78, 5) is 10.0. The van der Waals surface area contributed by atoms with Crippen LogP contribution in [0.4, 0.5) is 0 Å². The molecule has 0 bridgehead atoms. The first-order chi connectivity index (χ1) is 4.42. The van der Waals surface area contributed by atoms with Crippen LogP contribution in [-0.2, 0) is 15.0 Å². The van der Waals surface area contributed by atoms with Crippen molar-refractivity contribution in [3.8, 4) is 0 Å². The number of nitrogens with two attached hydrogens (primary N) is 2. The molecule has 10 heavy (non-hydrogen) atoms. The first-order valence-electron chi connectivity index (χ1n) is 2.47. The summed E-state index contributed by atoms with van der Waals surface area (Å²) in [5, 5.41) is 4.53. The molecule has 0 saturated carbocycles. The Hall–Kier alpha value is -0.660. The van der Waals surface area contributed by atoms with Gasteiger partial charge < -0.3 is 5.73 Å². The van der Waals surface area contributed by atoms with Gasteiger partial charge in [-0.05, 0) is 0 Å². The number of hydrogen-bond acceptors (Lipinski definition) is 3. The van der Waals surface area contributed by atoms with Crippen LogP contribution < -0.4 is 15.6 Å². The van der Waals surface area contributed by atoms with E-state index in [1.165, 1.54) is 0 Å². The lowest BCUT2D eigenvalue weighted by atomic mass is 10.4. The largest absolute Gasteiger partial charge is 0.370 e. The smallest absolute Gasteiger partial charge is 0.274 e. The Morgan fingerprint density at radius 1 is 1.50 bits per heavy atom. The molecule has 0 saturated heterocycles. The zero-order valence-corrected chi connectivity index (χ0v) is 6.02. The molecule has 0 aromatic rings. The number of amides is 1. The molecule has 0 aliphatic carbocycles. The monoisotopic (exact) mass is 167 g/mol. The minimum Gasteiger partial charge on any atom is -0.370 e. The molecule has 0 atom stereocenters. The molecule has 0 unspecified atom stereocenters. The van der Waals surface area contributed by atoms with Gasteiger partial charge in [-0.3, -0.25) is 4.79 Å². The summed E-state index contributed by atoms with van der Waals surface area (Å²) in [5.74, 6) is -0.573. The molecule has 0 heterocycles. The fourth-order valence-electron chi connectivity index (χ4n) is 0.316. The van der Waals surface area contributed by atoms with Crippen LogP contribution in [0.1, 0.15) is 6.42 Å². The minimum atomic E-state index is -3.68. The zero-order chi connectivity index (χ0) is 8.20. The summed E-state index contributed by atoms with van der Waals surface area (Å²) in [6.07, 6.45) is -0.0452. The maximum Gasteiger partial charge on any atom is 0.274 e. The van der Waals surface area contributed by atoms with Gasteiger partial charge in [0, 0.05) is 13.0 Å². The Labute approximate surface area is 58.8 Å². The molecule has 0 aromatic heterocycles. The van der Waals surface area contributed by atoms with Crippen LogP contribution in [0.3, 0.4) is 0 Å². The molecule has 7 heteroatoms. The van der Waals surface area contributed by atoms with Crippen molar-refractivity contribution in [2.45, 2.75) is 6.42 Å². The number of carbonyl (C=O) groups excluding carboxylic acids is 1. The van der Waals surface area contributed by atoms with Crippen LogP contribution in [0.2, 0.25) is 0 Å². The number of hydrogen-bond donors (Lipinski definition) is 3. The fourth-order valence-corrected chi connectivity index (χ4v) is 0.703. The van der Waals surface area contributed by atoms with Gasteiger partial charge in [0.2, 0.25) is 5.91 Å². The third kappa shape index (κ3) is 7.34. The van der Waals surface area contributed by atoms with Gasteiger partial charge in [0.05, 0.1) is 0 Å². The zero-order valence-electron chi connectivity index (χ0n) is 5.20. The van der Waals surface area contributed by atoms with Crippen molar-refractivity contribution < 1.29 is 13.2 Å². The van der Waals surface area contributed by atoms with Crippen LogP contribution in [0.25, 0.3) is 0 Å². The Morgan fingerprint density at radius 2 is 2.00 bits per heavy atom. The molecule has 0 radical (unpaired) electrons. The molecule has 0 aromatic carbocycles. The van der Waals surface area contributed by atoms with Crippen molar-refractivity contribution >= 4 is 16.1 Å². The predicted octanol–water partition coefficient (Wildman–Crippen LogP) is -2.35. The van der Waals surface area contributed by atoms with Gasteiger partial charge in [0.15, 0.2) is 0 Å². The van der Waals surface area contributed by atoms with Gasteiger partial charge in [-0.2, -0.15) is 8.42 Å². The number of carbonyl (C=O) groups is 1. The standard InChI is InChI=1S/C3H9N3O3S/c4-3(7)1-2-6-10(5,8)9/h6H,1-2H2,(H2,4,7)(H2,5,8,9). The Kier molecular flexibility index (Phi) is 3.26. The fraction of sp³-hybridized carbons (Fsp3) is 0.667. The average molecular weight is 167 g/mol. The predicted molar refractivity (Wildman–Crippen MR) is 34.9 cm³/mol. The summed E-state index contributed by atoms with van der Waals surface area (Å²) in [5.41, 5.74) is 4.71. The van der Waals surface area contributed by atoms with E-state index >= 15 is 0 Å². The van der Waals surface area contributed by atoms with Gasteiger partial charge in [0.25, 0.3) is 10.2 Å². The van der Waals surface area contributed by atoms with Crippen molar-refractivity contribution in [2.24, 2.45) is 10.9 Å². The van der Waals surface area contributed by atoms with E-state index in [2.05, 4.69) is 5.14 Å². The SMILES string of the molecule is NC(=O)CCNS(N)(=O)=O. The highest BCUT2D eigenvalue weighted by Gasteiger charge is 2.00. The van der Waals surface area contributed by atoms with Gasteiger partial charge in [-0.25, -0.2) is 9.86 Å². The third-order valence-electron chi connectivity index (χ3n) is 0.675. The summed E-state index contributed by atoms with van der Waals surface area (Å²) in [6.45, 7) is -0.0475. The highest BCUT2D eigenvalue weighted by atomic mass is 32.2. The molecule has 60 valence electrons. The van der Waals surface area contributed by atoms with Crippen molar-refractivity contribution in [1.29, 1.82) is 0 Å². The normalized spacial score (nSPS) is 11.3. The Balaban J connectivity index is 3.49. The van der Waals surface area contributed by atoms with Gasteiger partial charge in [-0.1, -0.05) is 0 Å². The second kappa shape index (κ2) is 3.49. The van der Waals surface area contributed by atoms with Crippen molar-refractivity contribution in [2.75, 3.05) is 6.54 Å². The van der Waals surface area contributed by atoms with Gasteiger partial charge in [-0.15, -0.1) is 0 Å². The van der Waals surface area contributed by atoms with E-state index in [0.717, 1.165) is 0 Å². The quantitative estimate of drug-likeness (QED) is 0.435. The lowest BCUT2D eigenvalue weighted by molar-refractivity contribution is -0.117. The lowest BCUT2D eigenvalue weighted by Crippen LogP contribution is -2.33. The second-order valence-corrected chi connectivity index (χ2v) is 3.03. The highest BCUT2D eigenvalue weighted by Crippen LogP contribution is 1.73. The Morgan fingerprint density at radius 3 is 2.30 bits per heavy atom. The third-order valence-corrected chi connectivity index (χ3v) is 1.28. The molecule has 0 rings (SSSR count). The number of nitrogens with one attached hydrogen (secondary N) is 1. The molecular formula is C3H9N3O3S. The maximum atomic E-state index is 10.1. The molecular weight excluding hydrogens is 158 g/mol. The van der Waals surface area contributed by atoms with E-state index < -0.39 is 16.1 Å².